The number of carbonyl (C=O) groups is 1. The average Bonchev–Trinajstić information content (AvgIpc) is 3.40. The number of para-hydroxylation sites is 1. The molecule has 0 radical (unpaired) electrons. The van der Waals surface area contributed by atoms with Crippen LogP contribution in [0.5, 0.6) is 11.5 Å². The van der Waals surface area contributed by atoms with E-state index in [9.17, 15) is 15.0 Å². The van der Waals surface area contributed by atoms with Crippen molar-refractivity contribution in [3.63, 3.8) is 0 Å². The van der Waals surface area contributed by atoms with Crippen LogP contribution in [0.4, 0.5) is 0 Å². The Hall–Kier alpha value is -2.05. The maximum absolute atomic E-state index is 11.4. The number of carbonyl (C=O) groups excluding carboxylic acids is 1. The molecule has 0 saturated heterocycles. The van der Waals surface area contributed by atoms with Crippen LogP contribution in [0, 0.1) is 11.8 Å². The molecule has 1 aromatic carbocycles. The second kappa shape index (κ2) is 8.13. The summed E-state index contributed by atoms with van der Waals surface area (Å²) >= 11 is 0. The van der Waals surface area contributed by atoms with Gasteiger partial charge in [-0.05, 0) is 24.8 Å². The second-order valence-corrected chi connectivity index (χ2v) is 8.02. The van der Waals surface area contributed by atoms with E-state index in [-0.39, 0.29) is 24.5 Å². The van der Waals surface area contributed by atoms with E-state index in [1.54, 1.807) is 6.07 Å². The molecule has 2 fully saturated rings. The summed E-state index contributed by atoms with van der Waals surface area (Å²) in [6.45, 7) is -0.175. The summed E-state index contributed by atoms with van der Waals surface area (Å²) in [5, 5.41) is 21.0. The molecular formula is C22H28O6. The molecule has 1 unspecified atom stereocenters. The molecule has 0 aromatic heterocycles. The lowest BCUT2D eigenvalue weighted by atomic mass is 9.87. The number of benzene rings is 1. The lowest BCUT2D eigenvalue weighted by molar-refractivity contribution is -0.142. The molecule has 1 aromatic rings. The van der Waals surface area contributed by atoms with Gasteiger partial charge in [0, 0.05) is 23.8 Å². The molecule has 2 saturated carbocycles. The highest BCUT2D eigenvalue weighted by Crippen LogP contribution is 2.53. The third-order valence-corrected chi connectivity index (χ3v) is 6.36. The van der Waals surface area contributed by atoms with Gasteiger partial charge >= 0.3 is 5.97 Å². The molecule has 152 valence electrons. The summed E-state index contributed by atoms with van der Waals surface area (Å²) in [5.41, 5.74) is 0.980. The highest BCUT2D eigenvalue weighted by atomic mass is 16.6. The van der Waals surface area contributed by atoms with Crippen LogP contribution in [0.25, 0.3) is 0 Å². The summed E-state index contributed by atoms with van der Waals surface area (Å²) < 4.78 is 16.3. The number of aliphatic hydroxyl groups excluding tert-OH is 2. The molecule has 0 spiro atoms. The Morgan fingerprint density at radius 3 is 2.89 bits per heavy atom. The minimum Gasteiger partial charge on any atom is -0.485 e. The molecule has 1 heterocycles. The van der Waals surface area contributed by atoms with Crippen molar-refractivity contribution in [2.75, 3.05) is 13.7 Å². The molecule has 0 amide bonds. The van der Waals surface area contributed by atoms with Gasteiger partial charge in [0.2, 0.25) is 0 Å². The summed E-state index contributed by atoms with van der Waals surface area (Å²) in [4.78, 5) is 11.4. The Kier molecular flexibility index (Phi) is 5.60. The second-order valence-electron chi connectivity index (χ2n) is 8.02. The van der Waals surface area contributed by atoms with Crippen molar-refractivity contribution in [2.45, 2.75) is 56.3 Å². The van der Waals surface area contributed by atoms with Gasteiger partial charge in [0.05, 0.1) is 19.3 Å². The van der Waals surface area contributed by atoms with E-state index < -0.39 is 18.2 Å². The molecule has 5 atom stereocenters. The van der Waals surface area contributed by atoms with E-state index in [1.807, 2.05) is 24.3 Å². The third-order valence-electron chi connectivity index (χ3n) is 6.36. The number of aliphatic hydroxyl groups is 2. The number of ether oxygens (including phenoxy) is 3. The molecule has 1 aliphatic heterocycles. The quantitative estimate of drug-likeness (QED) is 0.576. The van der Waals surface area contributed by atoms with Crippen LogP contribution >= 0.6 is 0 Å². The van der Waals surface area contributed by atoms with Crippen LogP contribution < -0.4 is 9.47 Å². The number of hydrogen-bond donors (Lipinski definition) is 2. The van der Waals surface area contributed by atoms with Gasteiger partial charge in [0.25, 0.3) is 0 Å². The van der Waals surface area contributed by atoms with Gasteiger partial charge in [-0.25, -0.2) is 4.79 Å². The van der Waals surface area contributed by atoms with E-state index in [0.717, 1.165) is 18.4 Å². The van der Waals surface area contributed by atoms with Crippen LogP contribution in [-0.4, -0.2) is 48.2 Å². The van der Waals surface area contributed by atoms with Gasteiger partial charge in [-0.2, -0.15) is 0 Å². The van der Waals surface area contributed by atoms with Gasteiger partial charge < -0.3 is 24.4 Å². The van der Waals surface area contributed by atoms with E-state index in [2.05, 4.69) is 4.74 Å². The van der Waals surface area contributed by atoms with Crippen molar-refractivity contribution in [2.24, 2.45) is 11.8 Å². The zero-order valence-electron chi connectivity index (χ0n) is 16.1. The molecule has 28 heavy (non-hydrogen) atoms. The van der Waals surface area contributed by atoms with Gasteiger partial charge in [0.1, 0.15) is 6.10 Å². The summed E-state index contributed by atoms with van der Waals surface area (Å²) in [7, 11) is 1.32. The van der Waals surface area contributed by atoms with Crippen molar-refractivity contribution < 1.29 is 29.2 Å². The van der Waals surface area contributed by atoms with Gasteiger partial charge in [0.15, 0.2) is 18.1 Å². The number of rotatable bonds is 6. The Labute approximate surface area is 165 Å². The van der Waals surface area contributed by atoms with Gasteiger partial charge in [-0.3, -0.25) is 0 Å². The Balaban J connectivity index is 1.52. The number of esters is 1. The topological polar surface area (TPSA) is 85.2 Å². The first-order valence-corrected chi connectivity index (χ1v) is 10.1. The molecule has 2 aliphatic carbocycles. The van der Waals surface area contributed by atoms with Crippen LogP contribution in [0.1, 0.15) is 43.6 Å². The fourth-order valence-corrected chi connectivity index (χ4v) is 4.89. The largest absolute Gasteiger partial charge is 0.485 e. The predicted molar refractivity (Wildman–Crippen MR) is 102 cm³/mol. The standard InChI is InChI=1S/C22H28O6/c1-26-20(25)12-27-18-8-4-7-15-21-14(17(24)11-19(21)28-22(15)18)9-10-16(23)13-5-2-3-6-13/h4,7-10,13-14,16-17,19,21,23-24H,2-3,5-6,11-12H2,1H3/b10-9+/t14?,16-,17-,19+,21+/m1/s1. The van der Waals surface area contributed by atoms with E-state index in [0.29, 0.717) is 23.8 Å². The van der Waals surface area contributed by atoms with Crippen LogP contribution in [-0.2, 0) is 9.53 Å². The average molecular weight is 388 g/mol. The first-order chi connectivity index (χ1) is 13.6. The van der Waals surface area contributed by atoms with Crippen molar-refractivity contribution in [1.29, 1.82) is 0 Å². The smallest absolute Gasteiger partial charge is 0.343 e. The van der Waals surface area contributed by atoms with Crippen LogP contribution in [0.15, 0.2) is 30.4 Å². The van der Waals surface area contributed by atoms with Crippen molar-refractivity contribution in [1.82, 2.24) is 0 Å². The SMILES string of the molecule is COC(=O)COc1cccc2c1O[C@H]1C[C@@H](O)C(/C=C/[C@@H](O)C3CCCC3)[C@@H]21. The van der Waals surface area contributed by atoms with Crippen molar-refractivity contribution >= 4 is 5.97 Å². The monoisotopic (exact) mass is 388 g/mol. The molecule has 6 nitrogen and oxygen atoms in total. The maximum Gasteiger partial charge on any atom is 0.343 e. The van der Waals surface area contributed by atoms with E-state index in [4.69, 9.17) is 9.47 Å². The fourth-order valence-electron chi connectivity index (χ4n) is 4.89. The zero-order valence-corrected chi connectivity index (χ0v) is 16.1. The van der Waals surface area contributed by atoms with Crippen molar-refractivity contribution in [3.05, 3.63) is 35.9 Å². The highest BCUT2D eigenvalue weighted by molar-refractivity contribution is 5.71. The summed E-state index contributed by atoms with van der Waals surface area (Å²) in [5.74, 6) is 0.935. The van der Waals surface area contributed by atoms with Crippen molar-refractivity contribution in [3.8, 4) is 11.5 Å². The first kappa shape index (κ1) is 19.3. The lowest BCUT2D eigenvalue weighted by Crippen LogP contribution is -2.19. The van der Waals surface area contributed by atoms with Gasteiger partial charge in [-0.15, -0.1) is 0 Å². The summed E-state index contributed by atoms with van der Waals surface area (Å²) in [6, 6.07) is 5.63. The third kappa shape index (κ3) is 3.63. The van der Waals surface area contributed by atoms with Crippen LogP contribution in [0.3, 0.4) is 0 Å². The minimum absolute atomic E-state index is 0.0127. The number of hydrogen-bond acceptors (Lipinski definition) is 6. The molecular weight excluding hydrogens is 360 g/mol. The zero-order chi connectivity index (χ0) is 19.7. The highest BCUT2D eigenvalue weighted by Gasteiger charge is 2.49. The Morgan fingerprint density at radius 2 is 2.14 bits per heavy atom. The molecule has 6 heteroatoms. The Bertz CT molecular complexity index is 739. The Morgan fingerprint density at radius 1 is 1.36 bits per heavy atom. The molecule has 3 aliphatic rings. The van der Waals surface area contributed by atoms with E-state index >= 15 is 0 Å². The molecule has 2 N–H and O–H groups in total. The summed E-state index contributed by atoms with van der Waals surface area (Å²) in [6.07, 6.45) is 7.77. The number of fused-ring (bicyclic) bond motifs is 3. The molecule has 0 bridgehead atoms. The fraction of sp³-hybridized carbons (Fsp3) is 0.591. The predicted octanol–water partition coefficient (Wildman–Crippen LogP) is 2.57. The first-order valence-electron chi connectivity index (χ1n) is 10.1. The van der Waals surface area contributed by atoms with Gasteiger partial charge in [-0.1, -0.05) is 37.1 Å². The lowest BCUT2D eigenvalue weighted by Gasteiger charge is -2.19. The van der Waals surface area contributed by atoms with E-state index in [1.165, 1.54) is 20.0 Å². The number of methoxy groups -OCH3 is 1. The maximum atomic E-state index is 11.4. The molecule has 4 rings (SSSR count). The normalized spacial score (nSPS) is 30.1. The minimum atomic E-state index is -0.505. The van der Waals surface area contributed by atoms with Crippen LogP contribution in [0.2, 0.25) is 0 Å².